The van der Waals surface area contributed by atoms with Gasteiger partial charge in [-0.3, -0.25) is 9.89 Å². The first-order chi connectivity index (χ1) is 10.5. The van der Waals surface area contributed by atoms with Gasteiger partial charge in [0.25, 0.3) is 0 Å². The fourth-order valence-electron chi connectivity index (χ4n) is 2.90. The Morgan fingerprint density at radius 2 is 2.23 bits per heavy atom. The Morgan fingerprint density at radius 3 is 2.95 bits per heavy atom. The molecule has 0 aromatic heterocycles. The number of hydrogen-bond donors (Lipinski definition) is 2. The van der Waals surface area contributed by atoms with Gasteiger partial charge in [-0.15, -0.1) is 0 Å². The van der Waals surface area contributed by atoms with E-state index in [0.29, 0.717) is 12.6 Å². The molecule has 0 spiro atoms. The van der Waals surface area contributed by atoms with Crippen LogP contribution < -0.4 is 10.6 Å². The topological polar surface area (TPSA) is 58.1 Å². The molecule has 0 amide bonds. The third-order valence-corrected chi connectivity index (χ3v) is 4.47. The molecule has 2 heterocycles. The number of nitrogens with zero attached hydrogens (tertiary/aromatic N) is 2. The molecular weight excluding hydrogens is 280 g/mol. The van der Waals surface area contributed by atoms with Crippen molar-refractivity contribution in [2.24, 2.45) is 4.99 Å². The van der Waals surface area contributed by atoms with Crippen molar-refractivity contribution in [1.29, 1.82) is 0 Å². The number of ether oxygens (including phenoxy) is 2. The molecule has 2 atom stereocenters. The van der Waals surface area contributed by atoms with Gasteiger partial charge in [-0.05, 0) is 40.2 Å². The molecule has 0 radical (unpaired) electrons. The van der Waals surface area contributed by atoms with Crippen LogP contribution in [0.25, 0.3) is 0 Å². The zero-order chi connectivity index (χ0) is 16.0. The molecule has 6 heteroatoms. The summed E-state index contributed by atoms with van der Waals surface area (Å²) < 4.78 is 11.4. The zero-order valence-corrected chi connectivity index (χ0v) is 14.5. The van der Waals surface area contributed by atoms with E-state index in [1.54, 1.807) is 7.11 Å². The van der Waals surface area contributed by atoms with Crippen LogP contribution in [-0.2, 0) is 9.47 Å². The zero-order valence-electron chi connectivity index (χ0n) is 14.5. The van der Waals surface area contributed by atoms with Crippen molar-refractivity contribution in [3.8, 4) is 0 Å². The van der Waals surface area contributed by atoms with Crippen LogP contribution >= 0.6 is 0 Å². The average Bonchev–Trinajstić information content (AvgIpc) is 2.97. The van der Waals surface area contributed by atoms with E-state index in [-0.39, 0.29) is 11.7 Å². The molecule has 0 bridgehead atoms. The maximum atomic E-state index is 5.98. The summed E-state index contributed by atoms with van der Waals surface area (Å²) >= 11 is 0. The van der Waals surface area contributed by atoms with E-state index in [1.807, 2.05) is 13.8 Å². The number of nitrogens with one attached hydrogen (secondary N) is 2. The molecule has 0 aliphatic carbocycles. The van der Waals surface area contributed by atoms with Gasteiger partial charge in [0.2, 0.25) is 0 Å². The number of rotatable bonds is 6. The van der Waals surface area contributed by atoms with Gasteiger partial charge >= 0.3 is 0 Å². The van der Waals surface area contributed by atoms with Crippen molar-refractivity contribution in [3.63, 3.8) is 0 Å². The molecule has 6 nitrogen and oxygen atoms in total. The molecule has 2 N–H and O–H groups in total. The molecule has 0 aromatic carbocycles. The van der Waals surface area contributed by atoms with Crippen LogP contribution in [0.2, 0.25) is 0 Å². The normalized spacial score (nSPS) is 26.8. The van der Waals surface area contributed by atoms with Crippen molar-refractivity contribution < 1.29 is 9.47 Å². The van der Waals surface area contributed by atoms with Crippen LogP contribution in [0.1, 0.15) is 33.6 Å². The van der Waals surface area contributed by atoms with Crippen molar-refractivity contribution in [1.82, 2.24) is 15.5 Å². The van der Waals surface area contributed by atoms with Gasteiger partial charge in [-0.1, -0.05) is 0 Å². The summed E-state index contributed by atoms with van der Waals surface area (Å²) in [5, 5.41) is 6.68. The highest BCUT2D eigenvalue weighted by Gasteiger charge is 2.32. The second kappa shape index (κ2) is 8.13. The Hall–Kier alpha value is -0.850. The van der Waals surface area contributed by atoms with Gasteiger partial charge in [-0.2, -0.15) is 0 Å². The summed E-state index contributed by atoms with van der Waals surface area (Å²) in [6.07, 6.45) is 2.84. The molecule has 2 fully saturated rings. The van der Waals surface area contributed by atoms with Crippen LogP contribution in [-0.4, -0.2) is 75.0 Å². The lowest BCUT2D eigenvalue weighted by Crippen LogP contribution is -2.51. The summed E-state index contributed by atoms with van der Waals surface area (Å²) in [4.78, 5) is 7.17. The monoisotopic (exact) mass is 312 g/mol. The predicted octanol–water partition coefficient (Wildman–Crippen LogP) is 0.830. The molecule has 0 aromatic rings. The Kier molecular flexibility index (Phi) is 6.47. The van der Waals surface area contributed by atoms with E-state index in [4.69, 9.17) is 9.47 Å². The second-order valence-electron chi connectivity index (χ2n) is 6.79. The van der Waals surface area contributed by atoms with Crippen LogP contribution in [0.15, 0.2) is 4.99 Å². The van der Waals surface area contributed by atoms with Crippen molar-refractivity contribution in [2.75, 3.05) is 46.4 Å². The minimum Gasteiger partial charge on any atom is -0.377 e. The predicted molar refractivity (Wildman–Crippen MR) is 89.4 cm³/mol. The maximum Gasteiger partial charge on any atom is 0.191 e. The van der Waals surface area contributed by atoms with Crippen molar-refractivity contribution >= 4 is 5.96 Å². The smallest absolute Gasteiger partial charge is 0.191 e. The number of aliphatic imine (C=N–C) groups is 1. The van der Waals surface area contributed by atoms with Gasteiger partial charge < -0.3 is 20.1 Å². The van der Waals surface area contributed by atoms with Crippen molar-refractivity contribution in [2.45, 2.75) is 51.4 Å². The number of morpholine rings is 1. The summed E-state index contributed by atoms with van der Waals surface area (Å²) in [7, 11) is 1.72. The van der Waals surface area contributed by atoms with E-state index < -0.39 is 0 Å². The highest BCUT2D eigenvalue weighted by molar-refractivity contribution is 5.79. The number of fused-ring (bicyclic) bond motifs is 1. The first kappa shape index (κ1) is 17.5. The van der Waals surface area contributed by atoms with E-state index in [0.717, 1.165) is 32.2 Å². The first-order valence-corrected chi connectivity index (χ1v) is 8.47. The van der Waals surface area contributed by atoms with Crippen LogP contribution in [0.5, 0.6) is 0 Å². The highest BCUT2D eigenvalue weighted by Crippen LogP contribution is 2.22. The third kappa shape index (κ3) is 5.11. The molecule has 2 aliphatic heterocycles. The van der Waals surface area contributed by atoms with E-state index in [2.05, 4.69) is 27.4 Å². The summed E-state index contributed by atoms with van der Waals surface area (Å²) in [5.41, 5.74) is -0.244. The molecule has 2 rings (SSSR count). The molecule has 2 unspecified atom stereocenters. The second-order valence-corrected chi connectivity index (χ2v) is 6.79. The summed E-state index contributed by atoms with van der Waals surface area (Å²) in [6, 6.07) is 0.653. The standard InChI is InChI=1S/C16H32N4O2/c1-5-17-15(19-12-16(2,3)21-4)18-9-14-10-20-8-6-7-13(20)11-22-14/h13-14H,5-12H2,1-4H3,(H2,17,18,19). The van der Waals surface area contributed by atoms with E-state index >= 15 is 0 Å². The largest absolute Gasteiger partial charge is 0.377 e. The van der Waals surface area contributed by atoms with Crippen LogP contribution in [0, 0.1) is 0 Å². The Balaban J connectivity index is 1.79. The van der Waals surface area contributed by atoms with Gasteiger partial charge in [0, 0.05) is 32.8 Å². The van der Waals surface area contributed by atoms with Gasteiger partial charge in [0.15, 0.2) is 5.96 Å². The van der Waals surface area contributed by atoms with Crippen LogP contribution in [0.4, 0.5) is 0 Å². The maximum absolute atomic E-state index is 5.98. The lowest BCUT2D eigenvalue weighted by molar-refractivity contribution is -0.0453. The lowest BCUT2D eigenvalue weighted by atomic mass is 10.1. The minimum absolute atomic E-state index is 0.244. The molecule has 22 heavy (non-hydrogen) atoms. The number of hydrogen-bond acceptors (Lipinski definition) is 4. The molecular formula is C16H32N4O2. The van der Waals surface area contributed by atoms with E-state index in [1.165, 1.54) is 19.4 Å². The average molecular weight is 312 g/mol. The fraction of sp³-hybridized carbons (Fsp3) is 0.938. The number of methoxy groups -OCH3 is 1. The van der Waals surface area contributed by atoms with Gasteiger partial charge in [0.1, 0.15) is 0 Å². The Bertz CT molecular complexity index is 373. The Labute approximate surface area is 134 Å². The van der Waals surface area contributed by atoms with Crippen molar-refractivity contribution in [3.05, 3.63) is 0 Å². The molecule has 2 aliphatic rings. The fourth-order valence-corrected chi connectivity index (χ4v) is 2.90. The third-order valence-electron chi connectivity index (χ3n) is 4.47. The van der Waals surface area contributed by atoms with E-state index in [9.17, 15) is 0 Å². The molecule has 128 valence electrons. The first-order valence-electron chi connectivity index (χ1n) is 8.47. The highest BCUT2D eigenvalue weighted by atomic mass is 16.5. The van der Waals surface area contributed by atoms with Crippen LogP contribution in [0.3, 0.4) is 0 Å². The van der Waals surface area contributed by atoms with Gasteiger partial charge in [-0.25, -0.2) is 0 Å². The number of guanidine groups is 1. The summed E-state index contributed by atoms with van der Waals surface area (Å²) in [6.45, 7) is 11.5. The Morgan fingerprint density at radius 1 is 1.41 bits per heavy atom. The SMILES string of the molecule is CCNC(=NCC(C)(C)OC)NCC1CN2CCCC2CO1. The quantitative estimate of drug-likeness (QED) is 0.562. The summed E-state index contributed by atoms with van der Waals surface area (Å²) in [5.74, 6) is 0.833. The minimum atomic E-state index is -0.244. The van der Waals surface area contributed by atoms with Gasteiger partial charge in [0.05, 0.1) is 24.9 Å². The molecule has 0 saturated carbocycles. The lowest BCUT2D eigenvalue weighted by Gasteiger charge is -2.35. The molecule has 2 saturated heterocycles.